The second kappa shape index (κ2) is 27.7. The van der Waals surface area contributed by atoms with Crippen LogP contribution in [0.25, 0.3) is 0 Å². The van der Waals surface area contributed by atoms with E-state index in [2.05, 4.69) is 58.3 Å². The van der Waals surface area contributed by atoms with Gasteiger partial charge in [-0.2, -0.15) is 13.2 Å². The Hall–Kier alpha value is -0.0518. The van der Waals surface area contributed by atoms with Crippen molar-refractivity contribution in [1.29, 1.82) is 0 Å². The van der Waals surface area contributed by atoms with Gasteiger partial charge in [-0.3, -0.25) is 0 Å². The van der Waals surface area contributed by atoms with Crippen LogP contribution in [0.5, 0.6) is 0 Å². The fraction of sp³-hybridized carbons (Fsp3) is 0.846. The highest BCUT2D eigenvalue weighted by Crippen LogP contribution is 2.36. The number of hydrogen-bond donors (Lipinski definition) is 0. The molecular formula is C39H79F5O11Si7. The normalized spacial score (nSPS) is 19.1. The summed E-state index contributed by atoms with van der Waals surface area (Å²) in [5.41, 5.74) is 1.18. The molecule has 11 nitrogen and oxygen atoms in total. The van der Waals surface area contributed by atoms with Crippen LogP contribution in [-0.4, -0.2) is 132 Å². The van der Waals surface area contributed by atoms with Crippen molar-refractivity contribution in [1.82, 2.24) is 0 Å². The highest BCUT2D eigenvalue weighted by atomic mass is 28.5. The average Bonchev–Trinajstić information content (AvgIpc) is 3.96. The summed E-state index contributed by atoms with van der Waals surface area (Å²) in [6.07, 6.45) is -2.53. The summed E-state index contributed by atoms with van der Waals surface area (Å²) in [5, 5.41) is 0. The first-order valence-electron chi connectivity index (χ1n) is 22.1. The second-order valence-corrected chi connectivity index (χ2v) is 43.8. The van der Waals surface area contributed by atoms with Gasteiger partial charge in [-0.1, -0.05) is 37.3 Å². The molecule has 1 heterocycles. The molecule has 0 bridgehead atoms. The third-order valence-corrected chi connectivity index (χ3v) is 39.1. The Morgan fingerprint density at radius 2 is 1.15 bits per heavy atom. The maximum atomic E-state index is 12.8. The molecule has 0 aliphatic carbocycles. The maximum Gasteiger partial charge on any atom is 0.391 e. The summed E-state index contributed by atoms with van der Waals surface area (Å²) in [7, 11) is -19.1. The topological polar surface area (TPSA) is 105 Å². The van der Waals surface area contributed by atoms with Crippen LogP contribution < -0.4 is 0 Å². The molecule has 6 unspecified atom stereocenters. The lowest BCUT2D eigenvalue weighted by Gasteiger charge is -2.44. The molecule has 6 atom stereocenters. The smallest absolute Gasteiger partial charge is 0.391 e. The van der Waals surface area contributed by atoms with Crippen molar-refractivity contribution in [3.63, 3.8) is 0 Å². The van der Waals surface area contributed by atoms with Gasteiger partial charge < -0.3 is 48.4 Å². The lowest BCUT2D eigenvalue weighted by Crippen LogP contribution is -2.59. The van der Waals surface area contributed by atoms with Crippen molar-refractivity contribution in [2.45, 2.75) is 153 Å². The van der Waals surface area contributed by atoms with Crippen molar-refractivity contribution >= 4 is 60.2 Å². The third kappa shape index (κ3) is 26.9. The van der Waals surface area contributed by atoms with E-state index in [1.165, 1.54) is 5.56 Å². The standard InChI is InChI=1S/C39H79F5O11Si7/c1-36(37-19-13-12-14-20-37)33-62(11,53-58(5,6)27-15-22-45-26-21-39(42,43)44)55-60(9,29-17-23-46-31-38-32-49-38)51-56(2)50-59(7,8)54-61(10,30-18-25-48-35-41)52-57(3,4)28-16-24-47-34-40/h12-14,19-20,36,38,56H,15-18,21-35H2,1-11H3. The lowest BCUT2D eigenvalue weighted by atomic mass is 10.0. The molecule has 1 fully saturated rings. The molecule has 1 aromatic rings. The fourth-order valence-corrected chi connectivity index (χ4v) is 42.1. The molecule has 0 spiro atoms. The van der Waals surface area contributed by atoms with Crippen LogP contribution in [-0.2, 0) is 48.4 Å². The second-order valence-electron chi connectivity index (χ2n) is 18.5. The molecule has 1 aliphatic rings. The largest absolute Gasteiger partial charge is 0.436 e. The summed E-state index contributed by atoms with van der Waals surface area (Å²) in [4.78, 5) is 0. The molecule has 1 aliphatic heterocycles. The molecule has 0 amide bonds. The first kappa shape index (κ1) is 58.1. The number of hydrogen-bond acceptors (Lipinski definition) is 11. The lowest BCUT2D eigenvalue weighted by molar-refractivity contribution is -0.145. The summed E-state index contributed by atoms with van der Waals surface area (Å²) in [6.45, 7) is 23.5. The van der Waals surface area contributed by atoms with E-state index in [0.29, 0.717) is 76.3 Å². The number of halogens is 5. The van der Waals surface area contributed by atoms with E-state index < -0.39 is 86.5 Å². The van der Waals surface area contributed by atoms with E-state index in [-0.39, 0.29) is 31.8 Å². The Kier molecular flexibility index (Phi) is 25.9. The molecule has 1 saturated heterocycles. The Bertz CT molecular complexity index is 1360. The molecule has 0 N–H and O–H groups in total. The predicted molar refractivity (Wildman–Crippen MR) is 250 cm³/mol. The van der Waals surface area contributed by atoms with E-state index in [4.69, 9.17) is 48.4 Å². The van der Waals surface area contributed by atoms with Gasteiger partial charge in [-0.25, -0.2) is 8.78 Å². The molecule has 0 saturated carbocycles. The van der Waals surface area contributed by atoms with Gasteiger partial charge in [-0.05, 0) is 133 Å². The van der Waals surface area contributed by atoms with Crippen molar-refractivity contribution in [2.24, 2.45) is 0 Å². The average molecular weight is 1020 g/mol. The summed E-state index contributed by atoms with van der Waals surface area (Å²) in [5.74, 6) is 0.121. The molecule has 0 radical (unpaired) electrons. The monoisotopic (exact) mass is 1010 g/mol. The van der Waals surface area contributed by atoms with Gasteiger partial charge in [0.15, 0.2) is 30.4 Å². The number of benzene rings is 1. The Balaban J connectivity index is 2.34. The van der Waals surface area contributed by atoms with E-state index in [0.717, 1.165) is 6.04 Å². The molecule has 62 heavy (non-hydrogen) atoms. The Morgan fingerprint density at radius 1 is 0.645 bits per heavy atom. The molecule has 23 heteroatoms. The molecule has 1 aromatic carbocycles. The van der Waals surface area contributed by atoms with Crippen LogP contribution in [0, 0.1) is 0 Å². The predicted octanol–water partition coefficient (Wildman–Crippen LogP) is 10.9. The van der Waals surface area contributed by atoms with E-state index in [9.17, 15) is 22.0 Å². The summed E-state index contributed by atoms with van der Waals surface area (Å²) < 4.78 is 133. The van der Waals surface area contributed by atoms with Gasteiger partial charge in [0.05, 0.1) is 26.2 Å². The summed E-state index contributed by atoms with van der Waals surface area (Å²) >= 11 is 0. The van der Waals surface area contributed by atoms with Crippen LogP contribution in [0.1, 0.15) is 50.5 Å². The zero-order valence-corrected chi connectivity index (χ0v) is 46.6. The minimum Gasteiger partial charge on any atom is -0.436 e. The van der Waals surface area contributed by atoms with Gasteiger partial charge in [0.25, 0.3) is 0 Å². The minimum atomic E-state index is -4.25. The van der Waals surface area contributed by atoms with Gasteiger partial charge in [0.2, 0.25) is 0 Å². The van der Waals surface area contributed by atoms with Gasteiger partial charge in [0, 0.05) is 26.4 Å². The SMILES string of the molecule is CC(C[Si](C)(O[Si](C)(C)CCCOCCC(F)(F)F)O[Si](C)(CCCOCC1CO1)O[SiH](C)O[Si](C)(C)O[Si](C)(CCCOCF)O[Si](C)(C)CCCOCF)c1ccccc1. The summed E-state index contributed by atoms with van der Waals surface area (Å²) in [6, 6.07) is 13.6. The zero-order valence-electron chi connectivity index (χ0n) is 39.4. The first-order valence-corrected chi connectivity index (χ1v) is 40.9. The van der Waals surface area contributed by atoms with E-state index in [1.54, 1.807) is 0 Å². The molecular weight excluding hydrogens is 936 g/mol. The van der Waals surface area contributed by atoms with Gasteiger partial charge in [-0.15, -0.1) is 0 Å². The van der Waals surface area contributed by atoms with Gasteiger partial charge in [0.1, 0.15) is 6.10 Å². The first-order chi connectivity index (χ1) is 28.8. The van der Waals surface area contributed by atoms with Crippen molar-refractivity contribution in [3.8, 4) is 0 Å². The van der Waals surface area contributed by atoms with Crippen molar-refractivity contribution < 1.29 is 70.3 Å². The van der Waals surface area contributed by atoms with Gasteiger partial charge >= 0.3 is 49.7 Å². The fourth-order valence-electron chi connectivity index (χ4n) is 7.83. The molecule has 2 rings (SSSR count). The quantitative estimate of drug-likeness (QED) is 0.0275. The van der Waals surface area contributed by atoms with Crippen LogP contribution in [0.2, 0.25) is 95.7 Å². The Morgan fingerprint density at radius 3 is 1.68 bits per heavy atom. The molecule has 364 valence electrons. The van der Waals surface area contributed by atoms with Crippen LogP contribution in [0.3, 0.4) is 0 Å². The number of rotatable bonds is 37. The number of alkyl halides is 5. The highest BCUT2D eigenvalue weighted by Gasteiger charge is 2.49. The number of epoxide rings is 1. The Labute approximate surface area is 377 Å². The highest BCUT2D eigenvalue weighted by molar-refractivity contribution is 6.90. The van der Waals surface area contributed by atoms with Crippen molar-refractivity contribution in [2.75, 3.05) is 60.0 Å². The van der Waals surface area contributed by atoms with E-state index >= 15 is 0 Å². The van der Waals surface area contributed by atoms with Crippen LogP contribution in [0.4, 0.5) is 22.0 Å². The molecule has 0 aromatic heterocycles. The van der Waals surface area contributed by atoms with Crippen LogP contribution in [0.15, 0.2) is 30.3 Å². The number of ether oxygens (including phenoxy) is 5. The van der Waals surface area contributed by atoms with Crippen LogP contribution >= 0.6 is 0 Å². The maximum absolute atomic E-state index is 12.8. The zero-order chi connectivity index (χ0) is 46.6. The van der Waals surface area contributed by atoms with E-state index in [1.807, 2.05) is 44.4 Å². The third-order valence-electron chi connectivity index (χ3n) is 10.2. The van der Waals surface area contributed by atoms with Crippen molar-refractivity contribution in [3.05, 3.63) is 35.9 Å². The minimum absolute atomic E-state index is 0.121.